The third-order valence-electron chi connectivity index (χ3n) is 4.21. The van der Waals surface area contributed by atoms with Crippen LogP contribution in [0.2, 0.25) is 5.02 Å². The van der Waals surface area contributed by atoms with E-state index in [9.17, 15) is 13.6 Å². The summed E-state index contributed by atoms with van der Waals surface area (Å²) in [6.45, 7) is 1.48. The highest BCUT2D eigenvalue weighted by atomic mass is 35.5. The van der Waals surface area contributed by atoms with Crippen molar-refractivity contribution in [1.29, 1.82) is 0 Å². The van der Waals surface area contributed by atoms with Crippen molar-refractivity contribution in [2.75, 3.05) is 19.8 Å². The lowest BCUT2D eigenvalue weighted by atomic mass is 9.81. The first-order valence-corrected chi connectivity index (χ1v) is 7.29. The number of hydrogen-bond donors (Lipinski definition) is 0. The molecule has 0 radical (unpaired) electrons. The van der Waals surface area contributed by atoms with E-state index in [1.807, 2.05) is 0 Å². The van der Waals surface area contributed by atoms with Crippen molar-refractivity contribution < 1.29 is 23.0 Å². The van der Waals surface area contributed by atoms with Gasteiger partial charge >= 0.3 is 0 Å². The highest BCUT2D eigenvalue weighted by molar-refractivity contribution is 6.30. The molecule has 2 aliphatic heterocycles. The van der Waals surface area contributed by atoms with Gasteiger partial charge in [-0.3, -0.25) is 4.79 Å². The monoisotopic (exact) mass is 316 g/mol. The standard InChI is InChI=1S/C15H15ClF2O3/c16-11-6-12(17)10(5-13(11)18)14(19)9-1-3-21-15(7-9)2-4-20-8-15/h5-6,9H,1-4,7-8H2. The van der Waals surface area contributed by atoms with Gasteiger partial charge < -0.3 is 9.47 Å². The smallest absolute Gasteiger partial charge is 0.169 e. The Morgan fingerprint density at radius 2 is 2.10 bits per heavy atom. The van der Waals surface area contributed by atoms with Crippen LogP contribution >= 0.6 is 11.6 Å². The maximum Gasteiger partial charge on any atom is 0.169 e. The fourth-order valence-electron chi connectivity index (χ4n) is 3.05. The Hall–Kier alpha value is -1.04. The number of benzene rings is 1. The molecule has 0 saturated carbocycles. The van der Waals surface area contributed by atoms with Crippen molar-refractivity contribution >= 4 is 17.4 Å². The predicted octanol–water partition coefficient (Wildman–Crippen LogP) is 3.39. The maximum atomic E-state index is 13.9. The fraction of sp³-hybridized carbons (Fsp3) is 0.533. The second-order valence-electron chi connectivity index (χ2n) is 5.63. The first kappa shape index (κ1) is 14.9. The summed E-state index contributed by atoms with van der Waals surface area (Å²) in [5.41, 5.74) is -0.683. The van der Waals surface area contributed by atoms with Gasteiger partial charge in [-0.05, 0) is 25.0 Å². The second kappa shape index (κ2) is 5.63. The minimum Gasteiger partial charge on any atom is -0.378 e. The van der Waals surface area contributed by atoms with Crippen molar-refractivity contribution in [2.45, 2.75) is 24.9 Å². The molecule has 0 aromatic heterocycles. The van der Waals surface area contributed by atoms with E-state index in [0.29, 0.717) is 32.7 Å². The van der Waals surface area contributed by atoms with Gasteiger partial charge in [-0.1, -0.05) is 11.6 Å². The summed E-state index contributed by atoms with van der Waals surface area (Å²) in [4.78, 5) is 12.5. The van der Waals surface area contributed by atoms with Crippen LogP contribution in [0.5, 0.6) is 0 Å². The van der Waals surface area contributed by atoms with E-state index < -0.39 is 23.0 Å². The highest BCUT2D eigenvalue weighted by Crippen LogP contribution is 2.37. The molecule has 2 unspecified atom stereocenters. The van der Waals surface area contributed by atoms with E-state index >= 15 is 0 Å². The zero-order valence-corrected chi connectivity index (χ0v) is 12.1. The molecule has 1 spiro atoms. The summed E-state index contributed by atoms with van der Waals surface area (Å²) in [7, 11) is 0. The van der Waals surface area contributed by atoms with Crippen LogP contribution in [-0.2, 0) is 9.47 Å². The van der Waals surface area contributed by atoms with Gasteiger partial charge in [-0.2, -0.15) is 0 Å². The lowest BCUT2D eigenvalue weighted by molar-refractivity contribution is -0.0921. The van der Waals surface area contributed by atoms with E-state index in [1.54, 1.807) is 0 Å². The number of rotatable bonds is 2. The first-order chi connectivity index (χ1) is 10.0. The highest BCUT2D eigenvalue weighted by Gasteiger charge is 2.43. The summed E-state index contributed by atoms with van der Waals surface area (Å²) in [6, 6.07) is 1.73. The number of ketones is 1. The van der Waals surface area contributed by atoms with Crippen LogP contribution in [0.1, 0.15) is 29.6 Å². The quantitative estimate of drug-likeness (QED) is 0.620. The van der Waals surface area contributed by atoms with Gasteiger partial charge in [0.25, 0.3) is 0 Å². The van der Waals surface area contributed by atoms with Gasteiger partial charge in [-0.15, -0.1) is 0 Å². The molecule has 0 amide bonds. The van der Waals surface area contributed by atoms with Crippen molar-refractivity contribution in [3.63, 3.8) is 0 Å². The SMILES string of the molecule is O=C(c1cc(F)c(Cl)cc1F)C1CCOC2(CCOC2)C1. The molecule has 0 aliphatic carbocycles. The Labute approximate surface area is 126 Å². The van der Waals surface area contributed by atoms with Gasteiger partial charge in [-0.25, -0.2) is 8.78 Å². The van der Waals surface area contributed by atoms with Crippen LogP contribution in [0.4, 0.5) is 8.78 Å². The minimum atomic E-state index is -0.785. The molecular formula is C15H15ClF2O3. The molecule has 21 heavy (non-hydrogen) atoms. The van der Waals surface area contributed by atoms with Crippen LogP contribution in [0.3, 0.4) is 0 Å². The summed E-state index contributed by atoms with van der Waals surface area (Å²) in [6.07, 6.45) is 1.72. The zero-order chi connectivity index (χ0) is 15.0. The molecule has 2 heterocycles. The Morgan fingerprint density at radius 3 is 2.81 bits per heavy atom. The molecule has 2 aliphatic rings. The van der Waals surface area contributed by atoms with Gasteiger partial charge in [0.2, 0.25) is 0 Å². The molecule has 0 N–H and O–H groups in total. The van der Waals surface area contributed by atoms with Crippen molar-refractivity contribution in [3.05, 3.63) is 34.4 Å². The minimum absolute atomic E-state index is 0.238. The summed E-state index contributed by atoms with van der Waals surface area (Å²) >= 11 is 5.51. The molecule has 3 rings (SSSR count). The molecule has 0 bridgehead atoms. The average molecular weight is 317 g/mol. The van der Waals surface area contributed by atoms with Crippen LogP contribution in [-0.4, -0.2) is 31.2 Å². The first-order valence-electron chi connectivity index (χ1n) is 6.91. The van der Waals surface area contributed by atoms with E-state index in [2.05, 4.69) is 0 Å². The maximum absolute atomic E-state index is 13.9. The number of carbonyl (C=O) groups excluding carboxylic acids is 1. The molecule has 2 atom stereocenters. The van der Waals surface area contributed by atoms with Gasteiger partial charge in [0.1, 0.15) is 11.6 Å². The Kier molecular flexibility index (Phi) is 3.99. The average Bonchev–Trinajstić information content (AvgIpc) is 2.90. The Morgan fingerprint density at radius 1 is 1.29 bits per heavy atom. The second-order valence-corrected chi connectivity index (χ2v) is 6.04. The van der Waals surface area contributed by atoms with Crippen molar-refractivity contribution in [2.24, 2.45) is 5.92 Å². The van der Waals surface area contributed by atoms with Crippen LogP contribution in [0, 0.1) is 17.6 Å². The number of ether oxygens (including phenoxy) is 2. The van der Waals surface area contributed by atoms with Crippen LogP contribution in [0.15, 0.2) is 12.1 Å². The van der Waals surface area contributed by atoms with E-state index in [1.165, 1.54) is 0 Å². The summed E-state index contributed by atoms with van der Waals surface area (Å²) in [5.74, 6) is -2.34. The third kappa shape index (κ3) is 2.82. The molecule has 2 saturated heterocycles. The van der Waals surface area contributed by atoms with Crippen LogP contribution in [0.25, 0.3) is 0 Å². The Bertz CT molecular complexity index is 570. The predicted molar refractivity (Wildman–Crippen MR) is 72.5 cm³/mol. The number of halogens is 3. The molecule has 1 aromatic carbocycles. The van der Waals surface area contributed by atoms with Gasteiger partial charge in [0.05, 0.1) is 22.8 Å². The largest absolute Gasteiger partial charge is 0.378 e. The fourth-order valence-corrected chi connectivity index (χ4v) is 3.20. The number of Topliss-reactive ketones (excluding diaryl/α,β-unsaturated/α-hetero) is 1. The van der Waals surface area contributed by atoms with Gasteiger partial charge in [0, 0.05) is 25.6 Å². The topological polar surface area (TPSA) is 35.5 Å². The summed E-state index contributed by atoms with van der Waals surface area (Å²) in [5, 5.41) is -0.323. The molecule has 1 aromatic rings. The van der Waals surface area contributed by atoms with E-state index in [-0.39, 0.29) is 16.5 Å². The molecule has 114 valence electrons. The van der Waals surface area contributed by atoms with Crippen molar-refractivity contribution in [1.82, 2.24) is 0 Å². The van der Waals surface area contributed by atoms with Crippen LogP contribution < -0.4 is 0 Å². The van der Waals surface area contributed by atoms with Crippen molar-refractivity contribution in [3.8, 4) is 0 Å². The van der Waals surface area contributed by atoms with Gasteiger partial charge in [0.15, 0.2) is 5.78 Å². The third-order valence-corrected chi connectivity index (χ3v) is 4.50. The number of carbonyl (C=O) groups is 1. The lowest BCUT2D eigenvalue weighted by Gasteiger charge is -2.36. The normalized spacial score (nSPS) is 29.0. The van der Waals surface area contributed by atoms with E-state index in [4.69, 9.17) is 21.1 Å². The molecule has 6 heteroatoms. The zero-order valence-electron chi connectivity index (χ0n) is 11.3. The summed E-state index contributed by atoms with van der Waals surface area (Å²) < 4.78 is 38.5. The molecule has 3 nitrogen and oxygen atoms in total. The lowest BCUT2D eigenvalue weighted by Crippen LogP contribution is -2.42. The number of hydrogen-bond acceptors (Lipinski definition) is 3. The Balaban J connectivity index is 1.83. The van der Waals surface area contributed by atoms with E-state index in [0.717, 1.165) is 18.6 Å². The molecule has 2 fully saturated rings. The molecular weight excluding hydrogens is 302 g/mol.